The molecule has 0 radical (unpaired) electrons. The van der Waals surface area contributed by atoms with E-state index in [9.17, 15) is 18.4 Å². The first-order chi connectivity index (χ1) is 18.2. The lowest BCUT2D eigenvalue weighted by molar-refractivity contribution is -0.0230. The van der Waals surface area contributed by atoms with Crippen LogP contribution in [0.5, 0.6) is 5.19 Å². The Morgan fingerprint density at radius 3 is 2.63 bits per heavy atom. The second kappa shape index (κ2) is 14.1. The number of hydrogen-bond acceptors (Lipinski definition) is 7. The van der Waals surface area contributed by atoms with Crippen LogP contribution in [0.1, 0.15) is 82.3 Å². The summed E-state index contributed by atoms with van der Waals surface area (Å²) in [7, 11) is 3.23. The number of nitrogens with zero attached hydrogens (tertiary/aromatic N) is 3. The maximum atomic E-state index is 12.9. The van der Waals surface area contributed by atoms with E-state index in [1.807, 2.05) is 0 Å². The highest BCUT2D eigenvalue weighted by Crippen LogP contribution is 2.32. The summed E-state index contributed by atoms with van der Waals surface area (Å²) in [5.74, 6) is -1.91. The van der Waals surface area contributed by atoms with Gasteiger partial charge in [-0.2, -0.15) is 0 Å². The topological polar surface area (TPSA) is 88.8 Å². The standard InChI is InChI=1S/C17H26F2N2OS.C10H9NO2.CH5N/c1-17(18,19)12-22-16-20-14-11-21(10-8-15(14)23-16)9-7-13-5-3-2-4-6-13;1-11-5-9-7(6-12)3-2-4-8(9)10(11)13;1-2/h13H,2-12H2,1H3;2-4,6H,5H2,1H3;2H2,1H3. The van der Waals surface area contributed by atoms with Gasteiger partial charge in [0.2, 0.25) is 0 Å². The van der Waals surface area contributed by atoms with Crippen molar-refractivity contribution < 1.29 is 23.1 Å². The summed E-state index contributed by atoms with van der Waals surface area (Å²) in [6.07, 6.45) is 10.0. The monoisotopic (exact) mass is 550 g/mol. The number of aldehydes is 1. The number of alkyl halides is 2. The Morgan fingerprint density at radius 1 is 1.21 bits per heavy atom. The predicted molar refractivity (Wildman–Crippen MR) is 146 cm³/mol. The number of thiazole rings is 1. The number of rotatable bonds is 7. The summed E-state index contributed by atoms with van der Waals surface area (Å²) in [5, 5.41) is 0.394. The maximum Gasteiger partial charge on any atom is 0.278 e. The third-order valence-electron chi connectivity index (χ3n) is 7.13. The Balaban J connectivity index is 0.000000225. The molecule has 0 atom stereocenters. The van der Waals surface area contributed by atoms with Crippen molar-refractivity contribution in [3.8, 4) is 5.19 Å². The quantitative estimate of drug-likeness (QED) is 0.479. The molecule has 3 heterocycles. The first-order valence-electron chi connectivity index (χ1n) is 13.4. The zero-order valence-corrected chi connectivity index (χ0v) is 23.5. The highest BCUT2D eigenvalue weighted by atomic mass is 32.1. The Labute approximate surface area is 228 Å². The van der Waals surface area contributed by atoms with Crippen molar-refractivity contribution >= 4 is 23.5 Å². The molecule has 1 amide bonds. The zero-order valence-electron chi connectivity index (χ0n) is 22.7. The zero-order chi connectivity index (χ0) is 27.7. The summed E-state index contributed by atoms with van der Waals surface area (Å²) in [6, 6.07) is 5.23. The number of halogens is 2. The second-order valence-corrected chi connectivity index (χ2v) is 11.2. The number of hydrogen-bond donors (Lipinski definition) is 1. The van der Waals surface area contributed by atoms with E-state index in [-0.39, 0.29) is 5.91 Å². The molecule has 2 aromatic rings. The lowest BCUT2D eigenvalue weighted by atomic mass is 9.87. The molecule has 1 saturated carbocycles. The molecule has 0 unspecified atom stereocenters. The SMILES string of the molecule is CC(F)(F)COc1nc2c(s1)CCN(CCC1CCCCC1)C2.CN.CN1Cc2c(C=O)cccc2C1=O. The summed E-state index contributed by atoms with van der Waals surface area (Å²) >= 11 is 1.43. The van der Waals surface area contributed by atoms with Gasteiger partial charge in [-0.25, -0.2) is 13.8 Å². The lowest BCUT2D eigenvalue weighted by Gasteiger charge is -2.29. The lowest BCUT2D eigenvalue weighted by Crippen LogP contribution is -2.32. The van der Waals surface area contributed by atoms with Crippen LogP contribution < -0.4 is 10.5 Å². The average Bonchev–Trinajstić information content (AvgIpc) is 3.47. The van der Waals surface area contributed by atoms with Gasteiger partial charge in [0.1, 0.15) is 6.29 Å². The van der Waals surface area contributed by atoms with Crippen LogP contribution in [0.15, 0.2) is 18.2 Å². The number of aromatic nitrogens is 1. The Morgan fingerprint density at radius 2 is 1.95 bits per heavy atom. The van der Waals surface area contributed by atoms with Gasteiger partial charge in [-0.15, -0.1) is 0 Å². The molecule has 38 heavy (non-hydrogen) atoms. The van der Waals surface area contributed by atoms with Crippen molar-refractivity contribution in [2.75, 3.05) is 33.8 Å². The molecule has 3 aliphatic rings. The van der Waals surface area contributed by atoms with Gasteiger partial charge < -0.3 is 15.4 Å². The van der Waals surface area contributed by atoms with Gasteiger partial charge in [-0.3, -0.25) is 14.5 Å². The van der Waals surface area contributed by atoms with E-state index in [1.165, 1.54) is 61.8 Å². The molecule has 0 bridgehead atoms. The van der Waals surface area contributed by atoms with E-state index < -0.39 is 12.5 Å². The molecule has 7 nitrogen and oxygen atoms in total. The van der Waals surface area contributed by atoms with Crippen LogP contribution in [0, 0.1) is 5.92 Å². The smallest absolute Gasteiger partial charge is 0.278 e. The van der Waals surface area contributed by atoms with Crippen LogP contribution >= 0.6 is 11.3 Å². The van der Waals surface area contributed by atoms with E-state index in [4.69, 9.17) is 4.74 Å². The molecule has 210 valence electrons. The fourth-order valence-corrected chi connectivity index (χ4v) is 6.02. The van der Waals surface area contributed by atoms with Gasteiger partial charge in [0.15, 0.2) is 6.61 Å². The first kappa shape index (κ1) is 30.1. The van der Waals surface area contributed by atoms with Crippen LogP contribution in [0.4, 0.5) is 8.78 Å². The van der Waals surface area contributed by atoms with Gasteiger partial charge in [-0.1, -0.05) is 55.6 Å². The normalized spacial score (nSPS) is 17.5. The number of fused-ring (bicyclic) bond motifs is 2. The molecular weight excluding hydrogens is 510 g/mol. The van der Waals surface area contributed by atoms with Crippen molar-refractivity contribution in [2.45, 2.75) is 70.9 Å². The van der Waals surface area contributed by atoms with Crippen LogP contribution in [0.25, 0.3) is 0 Å². The second-order valence-electron chi connectivity index (χ2n) is 10.2. The van der Waals surface area contributed by atoms with Gasteiger partial charge in [0.05, 0.1) is 5.69 Å². The van der Waals surface area contributed by atoms with Crippen molar-refractivity contribution in [2.24, 2.45) is 11.7 Å². The van der Waals surface area contributed by atoms with Crippen LogP contribution in [-0.2, 0) is 19.5 Å². The molecule has 0 spiro atoms. The van der Waals surface area contributed by atoms with Gasteiger partial charge in [0, 0.05) is 49.6 Å². The van der Waals surface area contributed by atoms with E-state index in [0.717, 1.165) is 56.4 Å². The first-order valence-corrected chi connectivity index (χ1v) is 14.2. The summed E-state index contributed by atoms with van der Waals surface area (Å²) in [6.45, 7) is 3.84. The molecule has 5 rings (SSSR count). The number of benzene rings is 1. The molecular formula is C28H40F2N4O3S. The Bertz CT molecular complexity index is 1070. The number of amides is 1. The molecule has 2 N–H and O–H groups in total. The number of carbonyl (C=O) groups excluding carboxylic acids is 2. The van der Waals surface area contributed by atoms with Gasteiger partial charge in [0.25, 0.3) is 17.0 Å². The number of carbonyl (C=O) groups is 2. The largest absolute Gasteiger partial charge is 0.464 e. The van der Waals surface area contributed by atoms with Crippen LogP contribution in [0.2, 0.25) is 0 Å². The summed E-state index contributed by atoms with van der Waals surface area (Å²) in [5.41, 5.74) is 7.66. The predicted octanol–water partition coefficient (Wildman–Crippen LogP) is 5.17. The molecule has 1 fully saturated rings. The molecule has 2 aliphatic heterocycles. The van der Waals surface area contributed by atoms with Crippen molar-refractivity contribution in [3.63, 3.8) is 0 Å². The van der Waals surface area contributed by atoms with Gasteiger partial charge >= 0.3 is 0 Å². The van der Waals surface area contributed by atoms with Crippen molar-refractivity contribution in [1.82, 2.24) is 14.8 Å². The van der Waals surface area contributed by atoms with E-state index >= 15 is 0 Å². The summed E-state index contributed by atoms with van der Waals surface area (Å²) < 4.78 is 30.9. The molecule has 1 aromatic carbocycles. The maximum absolute atomic E-state index is 12.9. The minimum atomic E-state index is -2.81. The van der Waals surface area contributed by atoms with E-state index in [1.54, 1.807) is 30.1 Å². The van der Waals surface area contributed by atoms with Crippen molar-refractivity contribution in [3.05, 3.63) is 45.5 Å². The Hall–Kier alpha value is -2.43. The number of nitrogens with two attached hydrogens (primary N) is 1. The third-order valence-corrected chi connectivity index (χ3v) is 8.20. The van der Waals surface area contributed by atoms with E-state index in [2.05, 4.69) is 15.6 Å². The average molecular weight is 551 g/mol. The van der Waals surface area contributed by atoms with Crippen LogP contribution in [0.3, 0.4) is 0 Å². The Kier molecular flexibility index (Phi) is 11.2. The highest BCUT2D eigenvalue weighted by molar-refractivity contribution is 7.13. The molecule has 10 heteroatoms. The van der Waals surface area contributed by atoms with Crippen LogP contribution in [-0.4, -0.2) is 66.7 Å². The van der Waals surface area contributed by atoms with E-state index in [0.29, 0.717) is 22.9 Å². The third kappa shape index (κ3) is 8.28. The molecule has 0 saturated heterocycles. The minimum Gasteiger partial charge on any atom is -0.464 e. The minimum absolute atomic E-state index is 0.00120. The molecule has 1 aliphatic carbocycles. The fourth-order valence-electron chi connectivity index (χ4n) is 5.12. The highest BCUT2D eigenvalue weighted by Gasteiger charge is 2.27. The summed E-state index contributed by atoms with van der Waals surface area (Å²) in [4.78, 5) is 31.8. The fraction of sp³-hybridized carbons (Fsp3) is 0.607. The molecule has 1 aromatic heterocycles. The number of ether oxygens (including phenoxy) is 1. The van der Waals surface area contributed by atoms with Gasteiger partial charge in [-0.05, 0) is 44.0 Å². The van der Waals surface area contributed by atoms with Crippen molar-refractivity contribution in [1.29, 1.82) is 0 Å².